The molecule has 0 saturated carbocycles. The van der Waals surface area contributed by atoms with Crippen LogP contribution in [-0.4, -0.2) is 17.0 Å². The maximum Gasteiger partial charge on any atom is 0.408 e. The second-order valence-electron chi connectivity index (χ2n) is 6.61. The summed E-state index contributed by atoms with van der Waals surface area (Å²) in [6, 6.07) is 9.85. The molecule has 0 heterocycles. The fraction of sp³-hybridized carbons (Fsp3) is 0.562. The van der Waals surface area contributed by atoms with Crippen LogP contribution in [0.4, 0.5) is 4.79 Å². The molecule has 0 radical (unpaired) electrons. The monoisotopic (exact) mass is 341 g/mol. The molecule has 1 unspecified atom stereocenters. The highest BCUT2D eigenvalue weighted by Gasteiger charge is 2.32. The fourth-order valence-electron chi connectivity index (χ4n) is 1.88. The Bertz CT molecular complexity index is 438. The highest BCUT2D eigenvalue weighted by atomic mass is 79.9. The number of carbonyl (C=O) groups is 1. The van der Waals surface area contributed by atoms with E-state index in [9.17, 15) is 4.79 Å². The second-order valence-corrected chi connectivity index (χ2v) is 7.17. The maximum absolute atomic E-state index is 12.1. The first kappa shape index (κ1) is 17.0. The number of alkyl halides is 1. The summed E-state index contributed by atoms with van der Waals surface area (Å²) in [6.45, 7) is 9.80. The Morgan fingerprint density at radius 1 is 1.20 bits per heavy atom. The molecule has 1 amide bonds. The van der Waals surface area contributed by atoms with Gasteiger partial charge >= 0.3 is 6.09 Å². The van der Waals surface area contributed by atoms with Crippen molar-refractivity contribution in [1.29, 1.82) is 0 Å². The molecule has 0 saturated heterocycles. The Morgan fingerprint density at radius 3 is 2.20 bits per heavy atom. The third kappa shape index (κ3) is 5.16. The Morgan fingerprint density at radius 2 is 1.75 bits per heavy atom. The lowest BCUT2D eigenvalue weighted by Crippen LogP contribution is -2.41. The van der Waals surface area contributed by atoms with Gasteiger partial charge in [-0.2, -0.15) is 0 Å². The summed E-state index contributed by atoms with van der Waals surface area (Å²) in [6.07, 6.45) is -0.389. The number of amides is 1. The van der Waals surface area contributed by atoms with E-state index >= 15 is 0 Å². The van der Waals surface area contributed by atoms with Crippen LogP contribution in [0.25, 0.3) is 0 Å². The number of hydrogen-bond donors (Lipinski definition) is 1. The van der Waals surface area contributed by atoms with E-state index in [1.54, 1.807) is 0 Å². The smallest absolute Gasteiger partial charge is 0.408 e. The largest absolute Gasteiger partial charge is 0.444 e. The van der Waals surface area contributed by atoms with Crippen molar-refractivity contribution in [3.05, 3.63) is 35.9 Å². The zero-order chi connectivity index (χ0) is 15.4. The summed E-state index contributed by atoms with van der Waals surface area (Å²) in [5.41, 5.74) is 0.449. The normalized spacial score (nSPS) is 13.7. The summed E-state index contributed by atoms with van der Waals surface area (Å²) < 4.78 is 5.36. The number of benzene rings is 1. The summed E-state index contributed by atoms with van der Waals surface area (Å²) in [7, 11) is 0. The van der Waals surface area contributed by atoms with Crippen LogP contribution in [0.1, 0.15) is 46.2 Å². The molecule has 4 heteroatoms. The predicted octanol–water partition coefficient (Wildman–Crippen LogP) is 4.67. The van der Waals surface area contributed by atoms with Gasteiger partial charge in [-0.3, -0.25) is 0 Å². The molecule has 1 atom stereocenters. The highest BCUT2D eigenvalue weighted by molar-refractivity contribution is 9.09. The van der Waals surface area contributed by atoms with Crippen molar-refractivity contribution < 1.29 is 9.53 Å². The van der Waals surface area contributed by atoms with Gasteiger partial charge in [0.1, 0.15) is 5.60 Å². The molecule has 1 aromatic carbocycles. The molecule has 20 heavy (non-hydrogen) atoms. The molecule has 3 nitrogen and oxygen atoms in total. The van der Waals surface area contributed by atoms with Crippen LogP contribution >= 0.6 is 15.9 Å². The average Bonchev–Trinajstić information content (AvgIpc) is 2.35. The number of alkyl carbamates (subject to hydrolysis) is 1. The molecule has 1 N–H and O–H groups in total. The van der Waals surface area contributed by atoms with Crippen molar-refractivity contribution in [1.82, 2.24) is 5.32 Å². The number of nitrogens with one attached hydrogen (secondary N) is 1. The van der Waals surface area contributed by atoms with Crippen LogP contribution < -0.4 is 5.32 Å². The molecule has 0 aliphatic carbocycles. The van der Waals surface area contributed by atoms with E-state index in [1.807, 2.05) is 51.1 Å². The second kappa shape index (κ2) is 6.61. The van der Waals surface area contributed by atoms with Crippen molar-refractivity contribution in [3.63, 3.8) is 0 Å². The molecule has 0 bridgehead atoms. The van der Waals surface area contributed by atoms with Crippen LogP contribution in [0.5, 0.6) is 0 Å². The van der Waals surface area contributed by atoms with Gasteiger partial charge in [-0.25, -0.2) is 4.79 Å². The van der Waals surface area contributed by atoms with Gasteiger partial charge in [0.05, 0.1) is 6.04 Å². The number of rotatable bonds is 4. The predicted molar refractivity (Wildman–Crippen MR) is 86.1 cm³/mol. The SMILES string of the molecule is CC(C)(C)OC(=O)NC(c1ccccc1)C(C)(C)CBr. The summed E-state index contributed by atoms with van der Waals surface area (Å²) >= 11 is 3.53. The summed E-state index contributed by atoms with van der Waals surface area (Å²) in [5, 5.41) is 3.76. The Kier molecular flexibility index (Phi) is 5.63. The number of ether oxygens (including phenoxy) is 1. The first-order valence-electron chi connectivity index (χ1n) is 6.76. The topological polar surface area (TPSA) is 38.3 Å². The van der Waals surface area contributed by atoms with Gasteiger partial charge in [0.15, 0.2) is 0 Å². The molecular weight excluding hydrogens is 318 g/mol. The molecule has 0 aliphatic rings. The van der Waals surface area contributed by atoms with Crippen molar-refractivity contribution in [2.75, 3.05) is 5.33 Å². The minimum absolute atomic E-state index is 0.113. The number of hydrogen-bond acceptors (Lipinski definition) is 2. The highest BCUT2D eigenvalue weighted by Crippen LogP contribution is 2.35. The first-order valence-corrected chi connectivity index (χ1v) is 7.88. The van der Waals surface area contributed by atoms with E-state index in [0.717, 1.165) is 10.9 Å². The van der Waals surface area contributed by atoms with Crippen LogP contribution in [0.3, 0.4) is 0 Å². The van der Waals surface area contributed by atoms with Crippen LogP contribution in [0.2, 0.25) is 0 Å². The van der Waals surface area contributed by atoms with E-state index in [2.05, 4.69) is 35.1 Å². The van der Waals surface area contributed by atoms with E-state index < -0.39 is 5.60 Å². The van der Waals surface area contributed by atoms with E-state index in [1.165, 1.54) is 0 Å². The Hall–Kier alpha value is -1.03. The molecule has 112 valence electrons. The van der Waals surface area contributed by atoms with Crippen molar-refractivity contribution in [2.24, 2.45) is 5.41 Å². The molecule has 0 spiro atoms. The summed E-state index contributed by atoms with van der Waals surface area (Å²) in [5.74, 6) is 0. The third-order valence-corrected chi connectivity index (χ3v) is 4.37. The van der Waals surface area contributed by atoms with E-state index in [-0.39, 0.29) is 17.6 Å². The van der Waals surface area contributed by atoms with Crippen molar-refractivity contribution >= 4 is 22.0 Å². The zero-order valence-corrected chi connectivity index (χ0v) is 14.5. The van der Waals surface area contributed by atoms with Gasteiger partial charge in [0, 0.05) is 5.33 Å². The maximum atomic E-state index is 12.1. The zero-order valence-electron chi connectivity index (χ0n) is 12.9. The standard InChI is InChI=1S/C16H24BrNO2/c1-15(2,3)20-14(19)18-13(16(4,5)11-17)12-9-7-6-8-10-12/h6-10,13H,11H2,1-5H3,(H,18,19). The lowest BCUT2D eigenvalue weighted by molar-refractivity contribution is 0.0465. The minimum Gasteiger partial charge on any atom is -0.444 e. The van der Waals surface area contributed by atoms with Gasteiger partial charge in [-0.1, -0.05) is 60.1 Å². The lowest BCUT2D eigenvalue weighted by Gasteiger charge is -2.34. The van der Waals surface area contributed by atoms with Crippen molar-refractivity contribution in [2.45, 2.75) is 46.3 Å². The summed E-state index contributed by atoms with van der Waals surface area (Å²) in [4.78, 5) is 12.1. The third-order valence-electron chi connectivity index (χ3n) is 2.92. The molecule has 1 rings (SSSR count). The Labute approximate surface area is 130 Å². The molecule has 0 fully saturated rings. The van der Waals surface area contributed by atoms with Gasteiger partial charge in [-0.05, 0) is 31.7 Å². The number of carbonyl (C=O) groups excluding carboxylic acids is 1. The molecule has 1 aromatic rings. The number of halogens is 1. The average molecular weight is 342 g/mol. The van der Waals surface area contributed by atoms with Gasteiger partial charge < -0.3 is 10.1 Å². The van der Waals surface area contributed by atoms with E-state index in [4.69, 9.17) is 4.74 Å². The van der Waals surface area contributed by atoms with E-state index in [0.29, 0.717) is 0 Å². The molecule has 0 aromatic heterocycles. The minimum atomic E-state index is -0.496. The van der Waals surface area contributed by atoms with Gasteiger partial charge in [0.25, 0.3) is 0 Å². The van der Waals surface area contributed by atoms with Crippen LogP contribution in [0, 0.1) is 5.41 Å². The lowest BCUT2D eigenvalue weighted by atomic mass is 9.82. The van der Waals surface area contributed by atoms with Crippen LogP contribution in [-0.2, 0) is 4.74 Å². The van der Waals surface area contributed by atoms with Gasteiger partial charge in [0.2, 0.25) is 0 Å². The Balaban J connectivity index is 2.93. The van der Waals surface area contributed by atoms with Crippen molar-refractivity contribution in [3.8, 4) is 0 Å². The quantitative estimate of drug-likeness (QED) is 0.808. The van der Waals surface area contributed by atoms with Crippen LogP contribution in [0.15, 0.2) is 30.3 Å². The fourth-order valence-corrected chi connectivity index (χ4v) is 2.20. The van der Waals surface area contributed by atoms with Gasteiger partial charge in [-0.15, -0.1) is 0 Å². The molecule has 0 aliphatic heterocycles. The molecular formula is C16H24BrNO2. The first-order chi connectivity index (χ1) is 9.15.